The first-order valence-electron chi connectivity index (χ1n) is 6.07. The van der Waals surface area contributed by atoms with E-state index in [2.05, 4.69) is 15.2 Å². The molecule has 7 heteroatoms. The number of carbonyl (C=O) groups is 1. The molecule has 21 heavy (non-hydrogen) atoms. The minimum atomic E-state index is -2.91. The summed E-state index contributed by atoms with van der Waals surface area (Å²) in [4.78, 5) is 11.7. The number of anilines is 1. The molecule has 0 aliphatic rings. The minimum absolute atomic E-state index is 0.00869. The van der Waals surface area contributed by atoms with Crippen molar-refractivity contribution in [2.45, 2.75) is 6.61 Å². The smallest absolute Gasteiger partial charge is 0.387 e. The summed E-state index contributed by atoms with van der Waals surface area (Å²) in [6, 6.07) is 7.85. The van der Waals surface area contributed by atoms with Crippen molar-refractivity contribution in [2.24, 2.45) is 7.05 Å². The zero-order valence-electron chi connectivity index (χ0n) is 11.2. The lowest BCUT2D eigenvalue weighted by Gasteiger charge is -2.07. The molecule has 0 saturated heterocycles. The molecule has 1 heterocycles. The van der Waals surface area contributed by atoms with Crippen LogP contribution in [0.4, 0.5) is 14.6 Å². The summed E-state index contributed by atoms with van der Waals surface area (Å²) in [6.45, 7) is -2.91. The highest BCUT2D eigenvalue weighted by Gasteiger charge is 2.07. The van der Waals surface area contributed by atoms with Crippen LogP contribution in [0.15, 0.2) is 42.6 Å². The fourth-order valence-corrected chi connectivity index (χ4v) is 1.64. The van der Waals surface area contributed by atoms with E-state index < -0.39 is 12.5 Å². The molecule has 1 amide bonds. The molecule has 2 rings (SSSR count). The Morgan fingerprint density at radius 3 is 2.81 bits per heavy atom. The van der Waals surface area contributed by atoms with Gasteiger partial charge < -0.3 is 10.1 Å². The van der Waals surface area contributed by atoms with E-state index in [4.69, 9.17) is 0 Å². The summed E-state index contributed by atoms with van der Waals surface area (Å²) in [5.74, 6) is -0.000739. The van der Waals surface area contributed by atoms with Crippen LogP contribution in [0.5, 0.6) is 5.75 Å². The number of nitrogens with zero attached hydrogens (tertiary/aromatic N) is 2. The normalized spacial score (nSPS) is 11.0. The van der Waals surface area contributed by atoms with Crippen molar-refractivity contribution in [1.82, 2.24) is 9.78 Å². The van der Waals surface area contributed by atoms with Gasteiger partial charge in [-0.15, -0.1) is 0 Å². The molecule has 0 radical (unpaired) electrons. The number of aryl methyl sites for hydroxylation is 1. The Bertz CT molecular complexity index is 653. The van der Waals surface area contributed by atoms with Crippen LogP contribution in [0.2, 0.25) is 0 Å². The quantitative estimate of drug-likeness (QED) is 0.862. The number of hydrogen-bond donors (Lipinski definition) is 1. The van der Waals surface area contributed by atoms with Crippen LogP contribution in [0, 0.1) is 0 Å². The maximum absolute atomic E-state index is 12.3. The summed E-state index contributed by atoms with van der Waals surface area (Å²) in [6.07, 6.45) is 4.31. The standard InChI is InChI=1S/C14H13F2N3O2/c1-19-9-8-12(18-19)17-13(20)7-6-10-4-2-3-5-11(10)21-14(15)16/h2-9,14H,1H3,(H,17,18,20). The number of carbonyl (C=O) groups excluding carboxylic acids is 1. The third kappa shape index (κ3) is 4.41. The van der Waals surface area contributed by atoms with Crippen molar-refractivity contribution in [3.63, 3.8) is 0 Å². The Morgan fingerprint density at radius 2 is 2.14 bits per heavy atom. The lowest BCUT2D eigenvalue weighted by atomic mass is 10.2. The maximum atomic E-state index is 12.3. The van der Waals surface area contributed by atoms with Crippen LogP contribution in [0.1, 0.15) is 5.56 Å². The molecule has 0 unspecified atom stereocenters. The molecule has 0 spiro atoms. The van der Waals surface area contributed by atoms with E-state index in [-0.39, 0.29) is 5.75 Å². The Kier molecular flexibility index (Phi) is 4.65. The zero-order valence-corrected chi connectivity index (χ0v) is 11.2. The molecular weight excluding hydrogens is 280 g/mol. The molecule has 0 atom stereocenters. The molecule has 0 bridgehead atoms. The van der Waals surface area contributed by atoms with Crippen LogP contribution in [0.25, 0.3) is 6.08 Å². The number of rotatable bonds is 5. The van der Waals surface area contributed by atoms with Crippen LogP contribution < -0.4 is 10.1 Å². The van der Waals surface area contributed by atoms with Gasteiger partial charge in [0, 0.05) is 31.0 Å². The van der Waals surface area contributed by atoms with Gasteiger partial charge in [0.05, 0.1) is 0 Å². The lowest BCUT2D eigenvalue weighted by Crippen LogP contribution is -2.08. The number of benzene rings is 1. The van der Waals surface area contributed by atoms with Crippen molar-refractivity contribution in [3.8, 4) is 5.75 Å². The Hall–Kier alpha value is -2.70. The van der Waals surface area contributed by atoms with Gasteiger partial charge in [-0.3, -0.25) is 9.48 Å². The van der Waals surface area contributed by atoms with Crippen LogP contribution >= 0.6 is 0 Å². The van der Waals surface area contributed by atoms with E-state index in [0.717, 1.165) is 0 Å². The molecule has 1 N–H and O–H groups in total. The van der Waals surface area contributed by atoms with E-state index in [1.54, 1.807) is 42.2 Å². The van der Waals surface area contributed by atoms with Gasteiger partial charge in [-0.05, 0) is 12.1 Å². The monoisotopic (exact) mass is 293 g/mol. The fourth-order valence-electron chi connectivity index (χ4n) is 1.64. The number of aromatic nitrogens is 2. The average Bonchev–Trinajstić information content (AvgIpc) is 2.82. The molecule has 0 fully saturated rings. The number of ether oxygens (including phenoxy) is 1. The van der Waals surface area contributed by atoms with Crippen LogP contribution in [-0.2, 0) is 11.8 Å². The van der Waals surface area contributed by atoms with Gasteiger partial charge in [0.2, 0.25) is 5.91 Å². The first-order chi connectivity index (χ1) is 10.0. The number of hydrogen-bond acceptors (Lipinski definition) is 3. The topological polar surface area (TPSA) is 56.2 Å². The van der Waals surface area contributed by atoms with Gasteiger partial charge >= 0.3 is 6.61 Å². The SMILES string of the molecule is Cn1ccc(NC(=O)C=Cc2ccccc2OC(F)F)n1. The molecule has 0 aliphatic carbocycles. The number of halogens is 2. The maximum Gasteiger partial charge on any atom is 0.387 e. The molecule has 110 valence electrons. The number of alkyl halides is 2. The van der Waals surface area contributed by atoms with E-state index in [1.165, 1.54) is 18.2 Å². The highest BCUT2D eigenvalue weighted by molar-refractivity contribution is 6.01. The van der Waals surface area contributed by atoms with Gasteiger partial charge in [0.1, 0.15) is 5.75 Å². The first kappa shape index (κ1) is 14.7. The predicted molar refractivity (Wildman–Crippen MR) is 73.9 cm³/mol. The van der Waals surface area contributed by atoms with Crippen molar-refractivity contribution in [2.75, 3.05) is 5.32 Å². The van der Waals surface area contributed by atoms with Gasteiger partial charge in [0.25, 0.3) is 0 Å². The Morgan fingerprint density at radius 1 is 1.38 bits per heavy atom. The summed E-state index contributed by atoms with van der Waals surface area (Å²) >= 11 is 0. The van der Waals surface area contributed by atoms with Gasteiger partial charge in [0.15, 0.2) is 5.82 Å². The second-order valence-corrected chi connectivity index (χ2v) is 4.11. The highest BCUT2D eigenvalue weighted by atomic mass is 19.3. The van der Waals surface area contributed by atoms with Crippen molar-refractivity contribution in [3.05, 3.63) is 48.2 Å². The van der Waals surface area contributed by atoms with E-state index in [0.29, 0.717) is 11.4 Å². The first-order valence-corrected chi connectivity index (χ1v) is 6.07. The van der Waals surface area contributed by atoms with Crippen LogP contribution in [-0.4, -0.2) is 22.3 Å². The second-order valence-electron chi connectivity index (χ2n) is 4.11. The van der Waals surface area contributed by atoms with Crippen molar-refractivity contribution in [1.29, 1.82) is 0 Å². The number of para-hydroxylation sites is 1. The fraction of sp³-hybridized carbons (Fsp3) is 0.143. The summed E-state index contributed by atoms with van der Waals surface area (Å²) < 4.78 is 30.4. The van der Waals surface area contributed by atoms with Gasteiger partial charge in [-0.1, -0.05) is 18.2 Å². The summed E-state index contributed by atoms with van der Waals surface area (Å²) in [5.41, 5.74) is 0.383. The molecular formula is C14H13F2N3O2. The second kappa shape index (κ2) is 6.65. The molecule has 5 nitrogen and oxygen atoms in total. The zero-order chi connectivity index (χ0) is 15.2. The molecule has 1 aromatic carbocycles. The largest absolute Gasteiger partial charge is 0.434 e. The van der Waals surface area contributed by atoms with E-state index in [9.17, 15) is 13.6 Å². The molecule has 0 saturated carbocycles. The molecule has 2 aromatic rings. The predicted octanol–water partition coefficient (Wildman–Crippen LogP) is 2.67. The molecule has 1 aromatic heterocycles. The van der Waals surface area contributed by atoms with E-state index >= 15 is 0 Å². The summed E-state index contributed by atoms with van der Waals surface area (Å²) in [5, 5.41) is 6.54. The Balaban J connectivity index is 2.05. The Labute approximate surface area is 119 Å². The minimum Gasteiger partial charge on any atom is -0.434 e. The third-order valence-corrected chi connectivity index (χ3v) is 2.51. The van der Waals surface area contributed by atoms with Crippen LogP contribution in [0.3, 0.4) is 0 Å². The third-order valence-electron chi connectivity index (χ3n) is 2.51. The van der Waals surface area contributed by atoms with Gasteiger partial charge in [-0.2, -0.15) is 13.9 Å². The lowest BCUT2D eigenvalue weighted by molar-refractivity contribution is -0.111. The average molecular weight is 293 g/mol. The number of nitrogens with one attached hydrogen (secondary N) is 1. The number of amides is 1. The summed E-state index contributed by atoms with van der Waals surface area (Å²) in [7, 11) is 1.73. The molecule has 0 aliphatic heterocycles. The van der Waals surface area contributed by atoms with E-state index in [1.807, 2.05) is 0 Å². The van der Waals surface area contributed by atoms with Crippen molar-refractivity contribution < 1.29 is 18.3 Å². The van der Waals surface area contributed by atoms with Crippen molar-refractivity contribution >= 4 is 17.8 Å². The highest BCUT2D eigenvalue weighted by Crippen LogP contribution is 2.21. The van der Waals surface area contributed by atoms with Gasteiger partial charge in [-0.25, -0.2) is 0 Å².